The molecule has 1 fully saturated rings. The molecule has 1 aliphatic carbocycles. The van der Waals surface area contributed by atoms with Crippen molar-refractivity contribution in [1.29, 1.82) is 0 Å². The molecule has 0 aromatic heterocycles. The molecule has 3 N–H and O–H groups in total. The molecule has 2 aromatic rings. The van der Waals surface area contributed by atoms with Crippen LogP contribution in [0.15, 0.2) is 48.5 Å². The first kappa shape index (κ1) is 18.9. The first-order valence-corrected chi connectivity index (χ1v) is 8.99. The predicted octanol–water partition coefficient (Wildman–Crippen LogP) is 3.33. The van der Waals surface area contributed by atoms with Crippen molar-refractivity contribution in [2.75, 3.05) is 10.6 Å². The lowest BCUT2D eigenvalue weighted by atomic mass is 10.0. The van der Waals surface area contributed by atoms with E-state index in [4.69, 9.17) is 11.6 Å². The van der Waals surface area contributed by atoms with Crippen LogP contribution in [0.1, 0.15) is 25.3 Å². The third-order valence-corrected chi connectivity index (χ3v) is 4.70. The van der Waals surface area contributed by atoms with Crippen molar-refractivity contribution < 1.29 is 14.4 Å². The molecule has 3 amide bonds. The maximum absolute atomic E-state index is 12.6. The van der Waals surface area contributed by atoms with E-state index in [1.807, 2.05) is 12.1 Å². The number of halogens is 1. The second-order valence-electron chi connectivity index (χ2n) is 6.60. The fraction of sp³-hybridized carbons (Fsp3) is 0.250. The van der Waals surface area contributed by atoms with Crippen LogP contribution in [0.2, 0.25) is 5.02 Å². The van der Waals surface area contributed by atoms with Gasteiger partial charge < -0.3 is 16.0 Å². The van der Waals surface area contributed by atoms with Gasteiger partial charge in [0.05, 0.1) is 0 Å². The van der Waals surface area contributed by atoms with Crippen LogP contribution in [-0.2, 0) is 20.9 Å². The van der Waals surface area contributed by atoms with Crippen LogP contribution in [0.5, 0.6) is 0 Å². The second-order valence-corrected chi connectivity index (χ2v) is 7.04. The van der Waals surface area contributed by atoms with E-state index in [0.29, 0.717) is 35.8 Å². The Hall–Kier alpha value is -2.86. The Balaban J connectivity index is 1.57. The highest BCUT2D eigenvalue weighted by Crippen LogP contribution is 2.47. The lowest BCUT2D eigenvalue weighted by Crippen LogP contribution is -2.39. The molecule has 0 saturated heterocycles. The van der Waals surface area contributed by atoms with Crippen molar-refractivity contribution >= 4 is 40.7 Å². The van der Waals surface area contributed by atoms with Gasteiger partial charge in [-0.3, -0.25) is 14.4 Å². The molecule has 0 heterocycles. The highest BCUT2D eigenvalue weighted by atomic mass is 35.5. The Morgan fingerprint density at radius 1 is 0.889 bits per heavy atom. The van der Waals surface area contributed by atoms with Gasteiger partial charge in [-0.15, -0.1) is 0 Å². The van der Waals surface area contributed by atoms with Crippen LogP contribution in [-0.4, -0.2) is 17.7 Å². The highest BCUT2D eigenvalue weighted by molar-refractivity contribution is 6.30. The molecular weight excluding hydrogens is 366 g/mol. The summed E-state index contributed by atoms with van der Waals surface area (Å²) >= 11 is 5.85. The van der Waals surface area contributed by atoms with Gasteiger partial charge in [0.1, 0.15) is 5.41 Å². The maximum Gasteiger partial charge on any atom is 0.240 e. The predicted molar refractivity (Wildman–Crippen MR) is 104 cm³/mol. The van der Waals surface area contributed by atoms with Crippen LogP contribution in [0.3, 0.4) is 0 Å². The van der Waals surface area contributed by atoms with Gasteiger partial charge in [-0.05, 0) is 54.8 Å². The molecule has 2 aromatic carbocycles. The standard InChI is InChI=1S/C20H20ClN3O3/c1-13(25)23-16-6-8-17(9-7-16)24-19(27)20(10-11-20)18(26)22-12-14-2-4-15(21)5-3-14/h2-9H,10-12H2,1H3,(H,22,26)(H,23,25)(H,24,27). The molecule has 0 aliphatic heterocycles. The molecule has 0 radical (unpaired) electrons. The lowest BCUT2D eigenvalue weighted by Gasteiger charge is -2.16. The van der Waals surface area contributed by atoms with Crippen molar-refractivity contribution in [1.82, 2.24) is 5.32 Å². The first-order chi connectivity index (χ1) is 12.9. The van der Waals surface area contributed by atoms with E-state index in [1.54, 1.807) is 36.4 Å². The van der Waals surface area contributed by atoms with Crippen molar-refractivity contribution in [2.24, 2.45) is 5.41 Å². The molecule has 27 heavy (non-hydrogen) atoms. The number of benzene rings is 2. The Kier molecular flexibility index (Phi) is 5.46. The van der Waals surface area contributed by atoms with Crippen LogP contribution in [0, 0.1) is 5.41 Å². The summed E-state index contributed by atoms with van der Waals surface area (Å²) in [5, 5.41) is 8.90. The van der Waals surface area contributed by atoms with Crippen molar-refractivity contribution in [3.8, 4) is 0 Å². The highest BCUT2D eigenvalue weighted by Gasteiger charge is 2.56. The quantitative estimate of drug-likeness (QED) is 0.666. The number of carbonyl (C=O) groups is 3. The molecule has 0 bridgehead atoms. The average Bonchev–Trinajstić information content (AvgIpc) is 3.44. The second kappa shape index (κ2) is 7.80. The molecular formula is C20H20ClN3O3. The topological polar surface area (TPSA) is 87.3 Å². The largest absolute Gasteiger partial charge is 0.351 e. The van der Waals surface area contributed by atoms with Gasteiger partial charge in [0.25, 0.3) is 0 Å². The third kappa shape index (κ3) is 4.65. The maximum atomic E-state index is 12.6. The number of hydrogen-bond donors (Lipinski definition) is 3. The minimum Gasteiger partial charge on any atom is -0.351 e. The van der Waals surface area contributed by atoms with E-state index in [-0.39, 0.29) is 17.7 Å². The third-order valence-electron chi connectivity index (χ3n) is 4.45. The zero-order valence-electron chi connectivity index (χ0n) is 14.8. The zero-order chi connectivity index (χ0) is 19.4. The average molecular weight is 386 g/mol. The molecule has 6 nitrogen and oxygen atoms in total. The fourth-order valence-corrected chi connectivity index (χ4v) is 2.85. The summed E-state index contributed by atoms with van der Waals surface area (Å²) in [5.41, 5.74) is 1.12. The van der Waals surface area contributed by atoms with Crippen molar-refractivity contribution in [3.63, 3.8) is 0 Å². The Morgan fingerprint density at radius 2 is 1.44 bits per heavy atom. The van der Waals surface area contributed by atoms with Crippen LogP contribution in [0.25, 0.3) is 0 Å². The van der Waals surface area contributed by atoms with E-state index in [9.17, 15) is 14.4 Å². The molecule has 0 atom stereocenters. The molecule has 3 rings (SSSR count). The van der Waals surface area contributed by atoms with E-state index in [2.05, 4.69) is 16.0 Å². The molecule has 1 aliphatic rings. The van der Waals surface area contributed by atoms with Gasteiger partial charge in [-0.1, -0.05) is 23.7 Å². The van der Waals surface area contributed by atoms with Crippen LogP contribution >= 0.6 is 11.6 Å². The minimum atomic E-state index is -1.01. The Morgan fingerprint density at radius 3 is 1.96 bits per heavy atom. The molecule has 1 saturated carbocycles. The van der Waals surface area contributed by atoms with E-state index in [0.717, 1.165) is 5.56 Å². The first-order valence-electron chi connectivity index (χ1n) is 8.61. The number of rotatable bonds is 6. The van der Waals surface area contributed by atoms with Gasteiger partial charge in [-0.2, -0.15) is 0 Å². The summed E-state index contributed by atoms with van der Waals surface area (Å²) < 4.78 is 0. The normalized spacial score (nSPS) is 14.1. The van der Waals surface area contributed by atoms with Crippen molar-refractivity contribution in [2.45, 2.75) is 26.3 Å². The SMILES string of the molecule is CC(=O)Nc1ccc(NC(=O)C2(C(=O)NCc3ccc(Cl)cc3)CC2)cc1. The van der Waals surface area contributed by atoms with Gasteiger partial charge >= 0.3 is 0 Å². The van der Waals surface area contributed by atoms with Gasteiger partial charge in [0.2, 0.25) is 17.7 Å². The minimum absolute atomic E-state index is 0.166. The summed E-state index contributed by atoms with van der Waals surface area (Å²) in [6, 6.07) is 13.9. The summed E-state index contributed by atoms with van der Waals surface area (Å²) in [6.45, 7) is 1.77. The fourth-order valence-electron chi connectivity index (χ4n) is 2.73. The number of carbonyl (C=O) groups excluding carboxylic acids is 3. The van der Waals surface area contributed by atoms with Gasteiger partial charge in [0, 0.05) is 29.9 Å². The summed E-state index contributed by atoms with van der Waals surface area (Å²) in [6.07, 6.45) is 1.05. The Bertz CT molecular complexity index is 859. The summed E-state index contributed by atoms with van der Waals surface area (Å²) in [7, 11) is 0. The molecule has 0 unspecified atom stereocenters. The summed E-state index contributed by atoms with van der Waals surface area (Å²) in [4.78, 5) is 36.2. The molecule has 7 heteroatoms. The molecule has 140 valence electrons. The number of nitrogens with one attached hydrogen (secondary N) is 3. The summed E-state index contributed by atoms with van der Waals surface area (Å²) in [5.74, 6) is -0.755. The van der Waals surface area contributed by atoms with E-state index >= 15 is 0 Å². The lowest BCUT2D eigenvalue weighted by molar-refractivity contribution is -0.134. The van der Waals surface area contributed by atoms with Crippen LogP contribution < -0.4 is 16.0 Å². The van der Waals surface area contributed by atoms with Crippen molar-refractivity contribution in [3.05, 3.63) is 59.1 Å². The van der Waals surface area contributed by atoms with E-state index < -0.39 is 5.41 Å². The van der Waals surface area contributed by atoms with Gasteiger partial charge in [-0.25, -0.2) is 0 Å². The monoisotopic (exact) mass is 385 g/mol. The number of hydrogen-bond acceptors (Lipinski definition) is 3. The van der Waals surface area contributed by atoms with E-state index in [1.165, 1.54) is 6.92 Å². The van der Waals surface area contributed by atoms with Crippen LogP contribution in [0.4, 0.5) is 11.4 Å². The van der Waals surface area contributed by atoms with Gasteiger partial charge in [0.15, 0.2) is 0 Å². The number of amides is 3. The zero-order valence-corrected chi connectivity index (χ0v) is 15.6. The smallest absolute Gasteiger partial charge is 0.240 e. The number of anilines is 2. The Labute approximate surface area is 162 Å². The molecule has 0 spiro atoms.